The molecule has 178 valence electrons. The lowest BCUT2D eigenvalue weighted by Crippen LogP contribution is -2.40. The van der Waals surface area contributed by atoms with Crippen molar-refractivity contribution in [3.8, 4) is 11.5 Å². The highest BCUT2D eigenvalue weighted by Gasteiger charge is 2.36. The number of methoxy groups -OCH3 is 2. The molecule has 8 nitrogen and oxygen atoms in total. The number of ether oxygens (including phenoxy) is 4. The van der Waals surface area contributed by atoms with Crippen LogP contribution >= 0.6 is 0 Å². The molecular formula is C25H32N2O6. The van der Waals surface area contributed by atoms with Gasteiger partial charge in [-0.15, -0.1) is 0 Å². The number of fused-ring (bicyclic) bond motifs is 1. The Labute approximate surface area is 194 Å². The van der Waals surface area contributed by atoms with E-state index in [4.69, 9.17) is 23.9 Å². The molecule has 0 N–H and O–H groups in total. The molecule has 33 heavy (non-hydrogen) atoms. The van der Waals surface area contributed by atoms with Crippen molar-refractivity contribution in [3.05, 3.63) is 47.2 Å². The van der Waals surface area contributed by atoms with Crippen LogP contribution in [0.1, 0.15) is 62.7 Å². The molecular weight excluding hydrogens is 424 g/mol. The highest BCUT2D eigenvalue weighted by molar-refractivity contribution is 5.93. The minimum atomic E-state index is -0.696. The predicted molar refractivity (Wildman–Crippen MR) is 124 cm³/mol. The number of aromatic nitrogens is 1. The molecule has 0 bridgehead atoms. The van der Waals surface area contributed by atoms with Crippen molar-refractivity contribution in [2.24, 2.45) is 0 Å². The summed E-state index contributed by atoms with van der Waals surface area (Å²) in [5.74, 6) is 1.20. The van der Waals surface area contributed by atoms with E-state index in [1.54, 1.807) is 59.3 Å². The van der Waals surface area contributed by atoms with Gasteiger partial charge in [-0.25, -0.2) is 14.6 Å². The van der Waals surface area contributed by atoms with Crippen LogP contribution in [0.3, 0.4) is 0 Å². The summed E-state index contributed by atoms with van der Waals surface area (Å²) in [5.41, 5.74) is 0.435. The average Bonchev–Trinajstić information content (AvgIpc) is 2.75. The normalized spacial score (nSPS) is 17.6. The summed E-state index contributed by atoms with van der Waals surface area (Å²) in [4.78, 5) is 31.9. The van der Waals surface area contributed by atoms with Gasteiger partial charge in [0.05, 0.1) is 32.0 Å². The molecule has 1 aromatic carbocycles. The minimum Gasteiger partial charge on any atom is -0.497 e. The van der Waals surface area contributed by atoms with Gasteiger partial charge in [-0.1, -0.05) is 6.92 Å². The van der Waals surface area contributed by atoms with E-state index >= 15 is 0 Å². The van der Waals surface area contributed by atoms with Crippen molar-refractivity contribution in [1.82, 2.24) is 4.98 Å². The molecule has 1 aliphatic rings. The van der Waals surface area contributed by atoms with E-state index in [1.807, 2.05) is 19.9 Å². The zero-order chi connectivity index (χ0) is 24.4. The Bertz CT molecular complexity index is 1050. The second kappa shape index (κ2) is 9.29. The predicted octanol–water partition coefficient (Wildman–Crippen LogP) is 4.92. The fourth-order valence-corrected chi connectivity index (χ4v) is 3.54. The van der Waals surface area contributed by atoms with Crippen LogP contribution in [0, 0.1) is 0 Å². The Morgan fingerprint density at radius 3 is 2.52 bits per heavy atom. The van der Waals surface area contributed by atoms with Gasteiger partial charge in [-0.2, -0.15) is 0 Å². The largest absolute Gasteiger partial charge is 0.497 e. The quantitative estimate of drug-likeness (QED) is 0.570. The molecule has 0 radical (unpaired) electrons. The topological polar surface area (TPSA) is 87.2 Å². The molecule has 3 rings (SSSR count). The number of carbonyl (C=O) groups is 2. The maximum Gasteiger partial charge on any atom is 0.416 e. The highest BCUT2D eigenvalue weighted by atomic mass is 16.6. The lowest BCUT2D eigenvalue weighted by molar-refractivity contribution is -0.0178. The van der Waals surface area contributed by atoms with E-state index in [0.717, 1.165) is 5.56 Å². The van der Waals surface area contributed by atoms with Gasteiger partial charge in [-0.3, -0.25) is 4.90 Å². The maximum absolute atomic E-state index is 13.2. The first-order valence-corrected chi connectivity index (χ1v) is 10.9. The maximum atomic E-state index is 13.2. The number of rotatable bonds is 6. The molecule has 8 heteroatoms. The number of hydrogen-bond donors (Lipinski definition) is 0. The van der Waals surface area contributed by atoms with Crippen LogP contribution in [0.2, 0.25) is 0 Å². The van der Waals surface area contributed by atoms with Crippen molar-refractivity contribution >= 4 is 17.9 Å². The molecule has 1 atom stereocenters. The van der Waals surface area contributed by atoms with Gasteiger partial charge in [0.1, 0.15) is 28.5 Å². The number of pyridine rings is 1. The second-order valence-electron chi connectivity index (χ2n) is 9.28. The first-order valence-electron chi connectivity index (χ1n) is 10.9. The Morgan fingerprint density at radius 1 is 1.18 bits per heavy atom. The zero-order valence-electron chi connectivity index (χ0n) is 20.4. The van der Waals surface area contributed by atoms with E-state index in [-0.39, 0.29) is 6.54 Å². The van der Waals surface area contributed by atoms with E-state index in [1.165, 1.54) is 4.90 Å². The Morgan fingerprint density at radius 2 is 1.91 bits per heavy atom. The van der Waals surface area contributed by atoms with Crippen molar-refractivity contribution in [2.75, 3.05) is 19.1 Å². The summed E-state index contributed by atoms with van der Waals surface area (Å²) >= 11 is 0. The molecule has 2 heterocycles. The molecule has 0 saturated carbocycles. The lowest BCUT2D eigenvalue weighted by Gasteiger charge is -2.33. The van der Waals surface area contributed by atoms with Gasteiger partial charge < -0.3 is 18.9 Å². The first kappa shape index (κ1) is 24.4. The number of nitrogens with zero attached hydrogens (tertiary/aromatic N) is 2. The Kier molecular flexibility index (Phi) is 6.86. The van der Waals surface area contributed by atoms with Crippen molar-refractivity contribution in [2.45, 2.75) is 65.2 Å². The molecule has 1 aliphatic heterocycles. The minimum absolute atomic E-state index is 0.156. The summed E-state index contributed by atoms with van der Waals surface area (Å²) in [7, 11) is 3.14. The molecule has 2 aromatic rings. The number of cyclic esters (lactones) is 1. The molecule has 0 saturated heterocycles. The molecule has 0 spiro atoms. The number of esters is 1. The third kappa shape index (κ3) is 5.56. The third-order valence-electron chi connectivity index (χ3n) is 5.52. The van der Waals surface area contributed by atoms with Crippen LogP contribution in [0.4, 0.5) is 10.6 Å². The fraction of sp³-hybridized carbons (Fsp3) is 0.480. The second-order valence-corrected chi connectivity index (χ2v) is 9.28. The highest BCUT2D eigenvalue weighted by Crippen LogP contribution is 2.32. The number of carbonyl (C=O) groups excluding carboxylic acids is 2. The van der Waals surface area contributed by atoms with Crippen molar-refractivity contribution < 1.29 is 28.5 Å². The van der Waals surface area contributed by atoms with Gasteiger partial charge in [0.15, 0.2) is 0 Å². The van der Waals surface area contributed by atoms with Crippen LogP contribution in [-0.4, -0.2) is 42.5 Å². The molecule has 1 unspecified atom stereocenters. The summed E-state index contributed by atoms with van der Waals surface area (Å²) < 4.78 is 22.0. The summed E-state index contributed by atoms with van der Waals surface area (Å²) in [6.07, 6.45) is 0.569. The van der Waals surface area contributed by atoms with E-state index in [9.17, 15) is 9.59 Å². The molecule has 1 aromatic heterocycles. The lowest BCUT2D eigenvalue weighted by atomic mass is 9.91. The summed E-state index contributed by atoms with van der Waals surface area (Å²) in [5, 5.41) is 0. The van der Waals surface area contributed by atoms with Gasteiger partial charge in [0.2, 0.25) is 0 Å². The van der Waals surface area contributed by atoms with E-state index in [0.29, 0.717) is 41.4 Å². The molecule has 0 aliphatic carbocycles. The van der Waals surface area contributed by atoms with Gasteiger partial charge in [0, 0.05) is 18.1 Å². The number of amides is 1. The fourth-order valence-electron chi connectivity index (χ4n) is 3.54. The standard InChI is InChI=1S/C25H32N2O6/c1-8-25(5)14-19-18(22(28)32-25)11-12-21(26-19)27(23(29)33-24(2,3)4)15-16-9-10-17(30-6)13-20(16)31-7/h9-13H,8,14-15H2,1-7H3. The van der Waals surface area contributed by atoms with Crippen LogP contribution in [0.25, 0.3) is 0 Å². The number of anilines is 1. The van der Waals surface area contributed by atoms with Gasteiger partial charge in [0.25, 0.3) is 0 Å². The van der Waals surface area contributed by atoms with Gasteiger partial charge in [-0.05, 0) is 58.4 Å². The molecule has 0 fully saturated rings. The van der Waals surface area contributed by atoms with E-state index < -0.39 is 23.3 Å². The van der Waals surface area contributed by atoms with Crippen molar-refractivity contribution in [1.29, 1.82) is 0 Å². The van der Waals surface area contributed by atoms with Crippen LogP contribution < -0.4 is 14.4 Å². The first-order chi connectivity index (χ1) is 15.5. The average molecular weight is 457 g/mol. The Balaban J connectivity index is 2.03. The van der Waals surface area contributed by atoms with Gasteiger partial charge >= 0.3 is 12.1 Å². The number of benzene rings is 1. The van der Waals surface area contributed by atoms with Crippen LogP contribution in [-0.2, 0) is 22.4 Å². The molecule has 1 amide bonds. The number of hydrogen-bond acceptors (Lipinski definition) is 7. The van der Waals surface area contributed by atoms with E-state index in [2.05, 4.69) is 0 Å². The smallest absolute Gasteiger partial charge is 0.416 e. The monoisotopic (exact) mass is 456 g/mol. The Hall–Kier alpha value is -3.29. The summed E-state index contributed by atoms with van der Waals surface area (Å²) in [6, 6.07) is 8.67. The van der Waals surface area contributed by atoms with Crippen LogP contribution in [0.5, 0.6) is 11.5 Å². The summed E-state index contributed by atoms with van der Waals surface area (Å²) in [6.45, 7) is 9.42. The zero-order valence-corrected chi connectivity index (χ0v) is 20.4. The SMILES string of the molecule is CCC1(C)Cc2nc(N(Cc3ccc(OC)cc3OC)C(=O)OC(C)(C)C)ccc2C(=O)O1. The third-order valence-corrected chi connectivity index (χ3v) is 5.52. The van der Waals surface area contributed by atoms with Crippen molar-refractivity contribution in [3.63, 3.8) is 0 Å². The van der Waals surface area contributed by atoms with Crippen LogP contribution in [0.15, 0.2) is 30.3 Å².